The first-order chi connectivity index (χ1) is 5.50. The van der Waals surface area contributed by atoms with Gasteiger partial charge in [-0.2, -0.15) is 0 Å². The van der Waals surface area contributed by atoms with E-state index in [4.69, 9.17) is 5.73 Å². The molecule has 0 heterocycles. The van der Waals surface area contributed by atoms with E-state index in [-0.39, 0.29) is 6.54 Å². The molecule has 0 saturated heterocycles. The maximum absolute atomic E-state index is 11.6. The molecule has 5 heteroatoms. The van der Waals surface area contributed by atoms with Crippen molar-refractivity contribution < 1.29 is 8.42 Å². The summed E-state index contributed by atoms with van der Waals surface area (Å²) in [6.45, 7) is 6.49. The van der Waals surface area contributed by atoms with Crippen LogP contribution in [-0.4, -0.2) is 37.6 Å². The van der Waals surface area contributed by atoms with Crippen LogP contribution in [0.4, 0.5) is 0 Å². The van der Waals surface area contributed by atoms with Gasteiger partial charge in [0.05, 0.1) is 5.25 Å². The van der Waals surface area contributed by atoms with E-state index < -0.39 is 15.3 Å². The van der Waals surface area contributed by atoms with Crippen molar-refractivity contribution in [2.24, 2.45) is 5.73 Å². The van der Waals surface area contributed by atoms with E-state index in [0.29, 0.717) is 13.1 Å². The Labute approximate surface area is 74.8 Å². The molecule has 0 aromatic carbocycles. The fourth-order valence-electron chi connectivity index (χ4n) is 0.960. The Balaban J connectivity index is 4.58. The molecule has 0 bridgehead atoms. The molecule has 0 fully saturated rings. The summed E-state index contributed by atoms with van der Waals surface area (Å²) in [6, 6.07) is 0. The van der Waals surface area contributed by atoms with Crippen LogP contribution in [0.1, 0.15) is 20.8 Å². The van der Waals surface area contributed by atoms with E-state index in [9.17, 15) is 8.42 Å². The van der Waals surface area contributed by atoms with Crippen molar-refractivity contribution in [1.29, 1.82) is 0 Å². The zero-order chi connectivity index (χ0) is 9.78. The van der Waals surface area contributed by atoms with Crippen molar-refractivity contribution in [3.63, 3.8) is 0 Å². The third-order valence-corrected chi connectivity index (χ3v) is 4.35. The molecule has 12 heavy (non-hydrogen) atoms. The lowest BCUT2D eigenvalue weighted by Crippen LogP contribution is -2.40. The van der Waals surface area contributed by atoms with Gasteiger partial charge < -0.3 is 5.73 Å². The number of rotatable bonds is 5. The molecular formula is C7H18N2O2S. The minimum Gasteiger partial charge on any atom is -0.329 e. The van der Waals surface area contributed by atoms with Crippen LogP contribution >= 0.6 is 0 Å². The van der Waals surface area contributed by atoms with Gasteiger partial charge in [0.15, 0.2) is 0 Å². The summed E-state index contributed by atoms with van der Waals surface area (Å²) in [7, 11) is -3.14. The summed E-state index contributed by atoms with van der Waals surface area (Å²) < 4.78 is 24.6. The zero-order valence-corrected chi connectivity index (χ0v) is 8.76. The maximum Gasteiger partial charge on any atom is 0.217 e. The standard InChI is InChI=1S/C7H18N2O2S/c1-4-9(5-2)12(10,11)7(3)6-8/h7H,4-6,8H2,1-3H3. The van der Waals surface area contributed by atoms with E-state index in [2.05, 4.69) is 0 Å². The Hall–Kier alpha value is -0.130. The molecule has 0 aromatic rings. The largest absolute Gasteiger partial charge is 0.329 e. The summed E-state index contributed by atoms with van der Waals surface area (Å²) in [5.41, 5.74) is 5.30. The van der Waals surface area contributed by atoms with Crippen LogP contribution in [0, 0.1) is 0 Å². The highest BCUT2D eigenvalue weighted by atomic mass is 32.2. The predicted octanol–water partition coefficient (Wildman–Crippen LogP) is 0.00520. The number of hydrogen-bond donors (Lipinski definition) is 1. The van der Waals surface area contributed by atoms with Crippen molar-refractivity contribution in [2.75, 3.05) is 19.6 Å². The van der Waals surface area contributed by atoms with E-state index >= 15 is 0 Å². The van der Waals surface area contributed by atoms with Crippen molar-refractivity contribution in [3.05, 3.63) is 0 Å². The van der Waals surface area contributed by atoms with Crippen LogP contribution in [-0.2, 0) is 10.0 Å². The van der Waals surface area contributed by atoms with E-state index in [1.54, 1.807) is 6.92 Å². The van der Waals surface area contributed by atoms with Gasteiger partial charge >= 0.3 is 0 Å². The van der Waals surface area contributed by atoms with Gasteiger partial charge in [-0.3, -0.25) is 0 Å². The maximum atomic E-state index is 11.6. The van der Waals surface area contributed by atoms with Gasteiger partial charge in [-0.15, -0.1) is 0 Å². The van der Waals surface area contributed by atoms with Gasteiger partial charge in [0.1, 0.15) is 0 Å². The molecule has 0 rings (SSSR count). The topological polar surface area (TPSA) is 63.4 Å². The lowest BCUT2D eigenvalue weighted by atomic mass is 10.5. The fourth-order valence-corrected chi connectivity index (χ4v) is 2.43. The summed E-state index contributed by atoms with van der Waals surface area (Å²) >= 11 is 0. The average Bonchev–Trinajstić information content (AvgIpc) is 2.04. The lowest BCUT2D eigenvalue weighted by Gasteiger charge is -2.21. The Morgan fingerprint density at radius 1 is 1.33 bits per heavy atom. The number of nitrogens with zero attached hydrogens (tertiary/aromatic N) is 1. The van der Waals surface area contributed by atoms with E-state index in [0.717, 1.165) is 0 Å². The van der Waals surface area contributed by atoms with Crippen LogP contribution in [0.25, 0.3) is 0 Å². The first-order valence-corrected chi connectivity index (χ1v) is 5.70. The third-order valence-electron chi connectivity index (χ3n) is 1.91. The first kappa shape index (κ1) is 11.9. The summed E-state index contributed by atoms with van der Waals surface area (Å²) in [6.07, 6.45) is 0. The van der Waals surface area contributed by atoms with Crippen molar-refractivity contribution in [2.45, 2.75) is 26.0 Å². The molecule has 0 radical (unpaired) electrons. The molecule has 2 N–H and O–H groups in total. The molecule has 1 atom stereocenters. The molecule has 0 aliphatic rings. The van der Waals surface area contributed by atoms with Crippen molar-refractivity contribution >= 4 is 10.0 Å². The van der Waals surface area contributed by atoms with Crippen LogP contribution in [0.5, 0.6) is 0 Å². The molecule has 0 aliphatic heterocycles. The summed E-state index contributed by atoms with van der Waals surface area (Å²) in [5, 5.41) is -0.475. The Morgan fingerprint density at radius 3 is 2.00 bits per heavy atom. The summed E-state index contributed by atoms with van der Waals surface area (Å²) in [4.78, 5) is 0. The molecule has 1 unspecified atom stereocenters. The second kappa shape index (κ2) is 4.79. The van der Waals surface area contributed by atoms with Gasteiger partial charge in [-0.1, -0.05) is 13.8 Å². The monoisotopic (exact) mass is 194 g/mol. The van der Waals surface area contributed by atoms with Crippen LogP contribution in [0.3, 0.4) is 0 Å². The second-order valence-electron chi connectivity index (χ2n) is 2.68. The molecule has 0 aliphatic carbocycles. The Kier molecular flexibility index (Phi) is 4.74. The highest BCUT2D eigenvalue weighted by Crippen LogP contribution is 2.06. The molecule has 0 aromatic heterocycles. The van der Waals surface area contributed by atoms with E-state index in [1.165, 1.54) is 4.31 Å². The highest BCUT2D eigenvalue weighted by molar-refractivity contribution is 7.89. The van der Waals surface area contributed by atoms with Gasteiger partial charge in [-0.05, 0) is 6.92 Å². The molecular weight excluding hydrogens is 176 g/mol. The Morgan fingerprint density at radius 2 is 1.75 bits per heavy atom. The minimum absolute atomic E-state index is 0.179. The van der Waals surface area contributed by atoms with E-state index in [1.807, 2.05) is 13.8 Å². The lowest BCUT2D eigenvalue weighted by molar-refractivity contribution is 0.437. The van der Waals surface area contributed by atoms with Crippen LogP contribution in [0.2, 0.25) is 0 Å². The average molecular weight is 194 g/mol. The van der Waals surface area contributed by atoms with Crippen LogP contribution in [0.15, 0.2) is 0 Å². The first-order valence-electron chi connectivity index (χ1n) is 4.19. The molecule has 0 amide bonds. The van der Waals surface area contributed by atoms with Gasteiger partial charge in [0.2, 0.25) is 10.0 Å². The van der Waals surface area contributed by atoms with Crippen molar-refractivity contribution in [3.8, 4) is 0 Å². The molecule has 0 saturated carbocycles. The zero-order valence-electron chi connectivity index (χ0n) is 7.95. The van der Waals surface area contributed by atoms with Gasteiger partial charge in [0, 0.05) is 19.6 Å². The SMILES string of the molecule is CCN(CC)S(=O)(=O)C(C)CN. The van der Waals surface area contributed by atoms with Gasteiger partial charge in [-0.25, -0.2) is 12.7 Å². The number of sulfonamides is 1. The van der Waals surface area contributed by atoms with Crippen LogP contribution < -0.4 is 5.73 Å². The van der Waals surface area contributed by atoms with Crippen molar-refractivity contribution in [1.82, 2.24) is 4.31 Å². The molecule has 74 valence electrons. The quantitative estimate of drug-likeness (QED) is 0.670. The molecule has 0 spiro atoms. The Bertz CT molecular complexity index is 209. The normalized spacial score (nSPS) is 15.1. The smallest absolute Gasteiger partial charge is 0.217 e. The second-order valence-corrected chi connectivity index (χ2v) is 5.03. The minimum atomic E-state index is -3.14. The fraction of sp³-hybridized carbons (Fsp3) is 1.00. The third kappa shape index (κ3) is 2.43. The number of hydrogen-bond acceptors (Lipinski definition) is 3. The number of nitrogens with two attached hydrogens (primary N) is 1. The van der Waals surface area contributed by atoms with Gasteiger partial charge in [0.25, 0.3) is 0 Å². The highest BCUT2D eigenvalue weighted by Gasteiger charge is 2.24. The summed E-state index contributed by atoms with van der Waals surface area (Å²) in [5.74, 6) is 0. The predicted molar refractivity (Wildman–Crippen MR) is 50.4 cm³/mol. The molecule has 4 nitrogen and oxygen atoms in total.